The molecule has 2 N–H and O–H groups in total. The standard InChI is InChI=1S/C20H30N4O.HI/c1-5-21-19(22-13-9-12-16-10-7-6-8-11-16)24-15-18-23-14-17(25-18)20(2,3)4;/h6-8,10-11,14H,5,9,12-13,15H2,1-4H3,(H2,21,22,24);1H. The van der Waals surface area contributed by atoms with Crippen LogP contribution < -0.4 is 10.6 Å². The number of oxazole rings is 1. The third kappa shape index (κ3) is 7.76. The maximum Gasteiger partial charge on any atom is 0.216 e. The number of halogens is 1. The lowest BCUT2D eigenvalue weighted by Gasteiger charge is -2.13. The van der Waals surface area contributed by atoms with Gasteiger partial charge < -0.3 is 15.1 Å². The van der Waals surface area contributed by atoms with Gasteiger partial charge in [0.15, 0.2) is 5.96 Å². The minimum absolute atomic E-state index is 0. The van der Waals surface area contributed by atoms with Crippen LogP contribution in [-0.4, -0.2) is 24.0 Å². The molecular weight excluding hydrogens is 439 g/mol. The van der Waals surface area contributed by atoms with Gasteiger partial charge in [0.25, 0.3) is 0 Å². The van der Waals surface area contributed by atoms with Gasteiger partial charge in [-0.25, -0.2) is 9.98 Å². The van der Waals surface area contributed by atoms with Gasteiger partial charge in [0.2, 0.25) is 5.89 Å². The Morgan fingerprint density at radius 3 is 2.50 bits per heavy atom. The molecule has 0 atom stereocenters. The molecule has 0 unspecified atom stereocenters. The largest absolute Gasteiger partial charge is 0.443 e. The summed E-state index contributed by atoms with van der Waals surface area (Å²) >= 11 is 0. The predicted octanol–water partition coefficient (Wildman–Crippen LogP) is 4.28. The van der Waals surface area contributed by atoms with Crippen LogP contribution in [0.2, 0.25) is 0 Å². The molecule has 0 aliphatic heterocycles. The molecule has 0 amide bonds. The molecule has 26 heavy (non-hydrogen) atoms. The lowest BCUT2D eigenvalue weighted by molar-refractivity contribution is 0.383. The lowest BCUT2D eigenvalue weighted by atomic mass is 9.94. The minimum Gasteiger partial charge on any atom is -0.443 e. The van der Waals surface area contributed by atoms with Crippen LogP contribution in [-0.2, 0) is 18.4 Å². The Morgan fingerprint density at radius 1 is 1.15 bits per heavy atom. The molecule has 0 saturated carbocycles. The van der Waals surface area contributed by atoms with Crippen LogP contribution in [0.1, 0.15) is 51.3 Å². The number of rotatable bonds is 7. The number of hydrogen-bond donors (Lipinski definition) is 2. The summed E-state index contributed by atoms with van der Waals surface area (Å²) in [5.74, 6) is 2.33. The van der Waals surface area contributed by atoms with Crippen LogP contribution in [0.5, 0.6) is 0 Å². The third-order valence-corrected chi connectivity index (χ3v) is 3.79. The summed E-state index contributed by atoms with van der Waals surface area (Å²) in [6.45, 7) is 10.5. The number of hydrogen-bond acceptors (Lipinski definition) is 3. The van der Waals surface area contributed by atoms with Crippen molar-refractivity contribution in [2.45, 2.75) is 52.5 Å². The molecule has 5 nitrogen and oxygen atoms in total. The maximum absolute atomic E-state index is 5.79. The summed E-state index contributed by atoms with van der Waals surface area (Å²) in [4.78, 5) is 8.88. The van der Waals surface area contributed by atoms with Gasteiger partial charge in [-0.15, -0.1) is 24.0 Å². The van der Waals surface area contributed by atoms with Crippen molar-refractivity contribution in [1.82, 2.24) is 15.6 Å². The zero-order chi connectivity index (χ0) is 18.1. The second-order valence-corrected chi connectivity index (χ2v) is 7.08. The fourth-order valence-corrected chi connectivity index (χ4v) is 2.36. The van der Waals surface area contributed by atoms with Crippen LogP contribution in [0.4, 0.5) is 0 Å². The van der Waals surface area contributed by atoms with E-state index < -0.39 is 0 Å². The zero-order valence-electron chi connectivity index (χ0n) is 16.2. The molecule has 6 heteroatoms. The first-order valence-electron chi connectivity index (χ1n) is 9.00. The van der Waals surface area contributed by atoms with Crippen molar-refractivity contribution < 1.29 is 4.42 Å². The number of nitrogens with zero attached hydrogens (tertiary/aromatic N) is 2. The molecule has 0 radical (unpaired) electrons. The van der Waals surface area contributed by atoms with Gasteiger partial charge in [-0.3, -0.25) is 0 Å². The van der Waals surface area contributed by atoms with Crippen molar-refractivity contribution in [2.75, 3.05) is 13.1 Å². The Bertz CT molecular complexity index is 662. The van der Waals surface area contributed by atoms with E-state index in [1.165, 1.54) is 5.56 Å². The van der Waals surface area contributed by atoms with E-state index in [-0.39, 0.29) is 29.4 Å². The van der Waals surface area contributed by atoms with Crippen molar-refractivity contribution in [3.05, 3.63) is 53.7 Å². The molecule has 2 aromatic rings. The van der Waals surface area contributed by atoms with Gasteiger partial charge in [-0.05, 0) is 25.3 Å². The fourth-order valence-electron chi connectivity index (χ4n) is 2.36. The predicted molar refractivity (Wildman–Crippen MR) is 118 cm³/mol. The van der Waals surface area contributed by atoms with Gasteiger partial charge in [-0.1, -0.05) is 51.1 Å². The number of aryl methyl sites for hydroxylation is 1. The third-order valence-electron chi connectivity index (χ3n) is 3.79. The smallest absolute Gasteiger partial charge is 0.216 e. The highest BCUT2D eigenvalue weighted by molar-refractivity contribution is 14.0. The van der Waals surface area contributed by atoms with E-state index in [4.69, 9.17) is 4.42 Å². The first-order chi connectivity index (χ1) is 12.0. The lowest BCUT2D eigenvalue weighted by Crippen LogP contribution is -2.37. The quantitative estimate of drug-likeness (QED) is 0.275. The Morgan fingerprint density at radius 2 is 1.88 bits per heavy atom. The van der Waals surface area contributed by atoms with E-state index in [0.29, 0.717) is 12.4 Å². The molecule has 0 saturated heterocycles. The van der Waals surface area contributed by atoms with Gasteiger partial charge in [-0.2, -0.15) is 0 Å². The van der Waals surface area contributed by atoms with Crippen molar-refractivity contribution in [2.24, 2.45) is 4.99 Å². The Hall–Kier alpha value is -1.57. The number of aromatic nitrogens is 1. The summed E-state index contributed by atoms with van der Waals surface area (Å²) in [6.07, 6.45) is 3.91. The normalized spacial score (nSPS) is 11.8. The van der Waals surface area contributed by atoms with Crippen molar-refractivity contribution >= 4 is 29.9 Å². The highest BCUT2D eigenvalue weighted by Gasteiger charge is 2.18. The average molecular weight is 470 g/mol. The number of aliphatic imine (C=N–C) groups is 1. The fraction of sp³-hybridized carbons (Fsp3) is 0.500. The minimum atomic E-state index is -0.0326. The molecule has 1 heterocycles. The molecule has 0 bridgehead atoms. The van der Waals surface area contributed by atoms with Crippen molar-refractivity contribution in [3.63, 3.8) is 0 Å². The van der Waals surface area contributed by atoms with E-state index in [1.54, 1.807) is 6.20 Å². The molecule has 1 aromatic carbocycles. The highest BCUT2D eigenvalue weighted by atomic mass is 127. The summed E-state index contributed by atoms with van der Waals surface area (Å²) in [7, 11) is 0. The molecule has 0 aliphatic rings. The molecule has 2 rings (SSSR count). The van der Waals surface area contributed by atoms with Gasteiger partial charge in [0.1, 0.15) is 12.3 Å². The topological polar surface area (TPSA) is 62.5 Å². The van der Waals surface area contributed by atoms with Crippen molar-refractivity contribution in [1.29, 1.82) is 0 Å². The molecule has 144 valence electrons. The molecule has 0 spiro atoms. The second kappa shape index (κ2) is 11.2. The first kappa shape index (κ1) is 22.5. The number of benzene rings is 1. The van der Waals surface area contributed by atoms with E-state index in [1.807, 2.05) is 6.07 Å². The molecule has 0 aliphatic carbocycles. The SMILES string of the molecule is CCNC(=NCc1ncc(C(C)(C)C)o1)NCCCc1ccccc1.I. The first-order valence-corrected chi connectivity index (χ1v) is 9.00. The Labute approximate surface area is 174 Å². The summed E-state index contributed by atoms with van der Waals surface area (Å²) in [6, 6.07) is 10.5. The van der Waals surface area contributed by atoms with Gasteiger partial charge in [0.05, 0.1) is 6.20 Å². The van der Waals surface area contributed by atoms with Crippen LogP contribution in [0.15, 0.2) is 45.9 Å². The Kier molecular flexibility index (Phi) is 9.69. The van der Waals surface area contributed by atoms with Crippen LogP contribution in [0.25, 0.3) is 0 Å². The van der Waals surface area contributed by atoms with E-state index in [2.05, 4.69) is 72.6 Å². The van der Waals surface area contributed by atoms with Crippen LogP contribution in [0, 0.1) is 0 Å². The average Bonchev–Trinajstić information content (AvgIpc) is 3.07. The van der Waals surface area contributed by atoms with E-state index in [0.717, 1.165) is 37.7 Å². The molecule has 1 aromatic heterocycles. The number of guanidine groups is 1. The monoisotopic (exact) mass is 470 g/mol. The van der Waals surface area contributed by atoms with Crippen LogP contribution in [0.3, 0.4) is 0 Å². The summed E-state index contributed by atoms with van der Waals surface area (Å²) in [5, 5.41) is 6.63. The highest BCUT2D eigenvalue weighted by Crippen LogP contribution is 2.22. The zero-order valence-corrected chi connectivity index (χ0v) is 18.5. The van der Waals surface area contributed by atoms with Crippen molar-refractivity contribution in [3.8, 4) is 0 Å². The van der Waals surface area contributed by atoms with Crippen LogP contribution >= 0.6 is 24.0 Å². The second-order valence-electron chi connectivity index (χ2n) is 7.08. The van der Waals surface area contributed by atoms with E-state index >= 15 is 0 Å². The Balaban J connectivity index is 0.00000338. The summed E-state index contributed by atoms with van der Waals surface area (Å²) < 4.78 is 5.79. The maximum atomic E-state index is 5.79. The van der Waals surface area contributed by atoms with Gasteiger partial charge in [0, 0.05) is 18.5 Å². The molecule has 0 fully saturated rings. The summed E-state index contributed by atoms with van der Waals surface area (Å²) in [5.41, 5.74) is 1.33. The van der Waals surface area contributed by atoms with Gasteiger partial charge >= 0.3 is 0 Å². The van der Waals surface area contributed by atoms with E-state index in [9.17, 15) is 0 Å². The molecular formula is C20H31IN4O. The number of nitrogens with one attached hydrogen (secondary N) is 2.